The quantitative estimate of drug-likeness (QED) is 0.387. The summed E-state index contributed by atoms with van der Waals surface area (Å²) in [6.07, 6.45) is 0. The van der Waals surface area contributed by atoms with Gasteiger partial charge in [0.2, 0.25) is 15.2 Å². The number of nitrogens with two attached hydrogens (primary N) is 1. The summed E-state index contributed by atoms with van der Waals surface area (Å²) in [5, 5.41) is 30.6. The third-order valence-electron chi connectivity index (χ3n) is 4.26. The van der Waals surface area contributed by atoms with Crippen molar-refractivity contribution in [1.82, 2.24) is 25.5 Å². The summed E-state index contributed by atoms with van der Waals surface area (Å²) < 4.78 is 24.1. The van der Waals surface area contributed by atoms with Gasteiger partial charge in [0.15, 0.2) is 0 Å². The number of carbonyl (C=O) groups is 1. The molecule has 0 aliphatic heterocycles. The van der Waals surface area contributed by atoms with Gasteiger partial charge in [-0.3, -0.25) is 14.9 Å². The summed E-state index contributed by atoms with van der Waals surface area (Å²) in [6, 6.07) is 9.35. The molecule has 0 aliphatic rings. The third kappa shape index (κ3) is 5.22. The fraction of sp³-hybridized carbons (Fsp3) is 0.176. The highest BCUT2D eigenvalue weighted by atomic mass is 32.2. The van der Waals surface area contributed by atoms with E-state index in [-0.39, 0.29) is 21.0 Å². The van der Waals surface area contributed by atoms with Crippen LogP contribution in [0.15, 0.2) is 57.4 Å². The smallest absolute Gasteiger partial charge is 0.284 e. The fourth-order valence-corrected chi connectivity index (χ4v) is 3.94. The molecule has 12 nitrogen and oxygen atoms in total. The Kier molecular flexibility index (Phi) is 6.33. The molecule has 0 aliphatic carbocycles. The van der Waals surface area contributed by atoms with E-state index in [0.717, 1.165) is 11.8 Å². The normalized spacial score (nSPS) is 12.4. The number of nitrogens with zero attached hydrogens (tertiary/aromatic N) is 5. The summed E-state index contributed by atoms with van der Waals surface area (Å²) in [5.74, 6) is -0.525. The molecule has 2 aromatic carbocycles. The highest BCUT2D eigenvalue weighted by Gasteiger charge is 2.21. The van der Waals surface area contributed by atoms with Crippen molar-refractivity contribution in [3.8, 4) is 0 Å². The molecule has 3 rings (SSSR count). The first-order chi connectivity index (χ1) is 14.6. The van der Waals surface area contributed by atoms with E-state index >= 15 is 0 Å². The summed E-state index contributed by atoms with van der Waals surface area (Å²) in [7, 11) is -2.21. The van der Waals surface area contributed by atoms with Gasteiger partial charge in [-0.05, 0) is 58.9 Å². The summed E-state index contributed by atoms with van der Waals surface area (Å²) >= 11 is 1.00. The molecule has 31 heavy (non-hydrogen) atoms. The van der Waals surface area contributed by atoms with Gasteiger partial charge in [0.05, 0.1) is 20.8 Å². The number of tetrazole rings is 1. The summed E-state index contributed by atoms with van der Waals surface area (Å²) in [4.78, 5) is 23.8. The van der Waals surface area contributed by atoms with Crippen LogP contribution in [-0.2, 0) is 17.1 Å². The van der Waals surface area contributed by atoms with Crippen LogP contribution in [0.4, 0.5) is 5.69 Å². The second-order valence-corrected chi connectivity index (χ2v) is 9.01. The second kappa shape index (κ2) is 8.79. The van der Waals surface area contributed by atoms with Gasteiger partial charge in [-0.1, -0.05) is 12.1 Å². The number of sulfonamides is 1. The molecule has 0 saturated heterocycles. The number of aryl methyl sites for hydroxylation is 1. The summed E-state index contributed by atoms with van der Waals surface area (Å²) in [6.45, 7) is 1.70. The molecule has 1 heterocycles. The molecule has 3 N–H and O–H groups in total. The maximum Gasteiger partial charge on any atom is 0.284 e. The predicted octanol–water partition coefficient (Wildman–Crippen LogP) is 1.41. The van der Waals surface area contributed by atoms with E-state index in [9.17, 15) is 23.3 Å². The lowest BCUT2D eigenvalue weighted by atomic mass is 10.1. The second-order valence-electron chi connectivity index (χ2n) is 6.44. The lowest BCUT2D eigenvalue weighted by Gasteiger charge is -2.15. The predicted molar refractivity (Wildman–Crippen MR) is 110 cm³/mol. The van der Waals surface area contributed by atoms with Crippen molar-refractivity contribution in [2.24, 2.45) is 12.2 Å². The van der Waals surface area contributed by atoms with Crippen LogP contribution < -0.4 is 10.5 Å². The minimum atomic E-state index is -3.82. The van der Waals surface area contributed by atoms with Crippen LogP contribution in [0, 0.1) is 10.1 Å². The minimum Gasteiger partial charge on any atom is -0.346 e. The fourth-order valence-electron chi connectivity index (χ4n) is 2.60. The van der Waals surface area contributed by atoms with Crippen molar-refractivity contribution >= 4 is 33.4 Å². The number of aromatic nitrogens is 4. The lowest BCUT2D eigenvalue weighted by molar-refractivity contribution is -0.387. The zero-order chi connectivity index (χ0) is 22.8. The van der Waals surface area contributed by atoms with Gasteiger partial charge in [0.1, 0.15) is 0 Å². The SMILES string of the molecule is C[C@@H](NC(=O)c1ccc(Sc2nnnn2C)c([N+](=O)[O-])c1)c1ccc(S(N)(=O)=O)cc1. The Labute approximate surface area is 181 Å². The first kappa shape index (κ1) is 22.3. The molecule has 1 atom stereocenters. The Bertz CT molecular complexity index is 1240. The number of carbonyl (C=O) groups excluding carboxylic acids is 1. The van der Waals surface area contributed by atoms with Gasteiger partial charge in [0, 0.05) is 18.7 Å². The van der Waals surface area contributed by atoms with Crippen molar-refractivity contribution in [3.05, 3.63) is 63.7 Å². The van der Waals surface area contributed by atoms with Gasteiger partial charge in [-0.25, -0.2) is 18.2 Å². The van der Waals surface area contributed by atoms with Crippen molar-refractivity contribution < 1.29 is 18.1 Å². The first-order valence-electron chi connectivity index (χ1n) is 8.68. The molecule has 162 valence electrons. The van der Waals surface area contributed by atoms with Gasteiger partial charge < -0.3 is 5.32 Å². The Hall–Kier alpha value is -3.36. The van der Waals surface area contributed by atoms with Crippen LogP contribution >= 0.6 is 11.8 Å². The average molecular weight is 464 g/mol. The van der Waals surface area contributed by atoms with E-state index in [4.69, 9.17) is 5.14 Å². The molecular formula is C17H17N7O5S2. The molecule has 0 unspecified atom stereocenters. The molecule has 0 spiro atoms. The number of amides is 1. The van der Waals surface area contributed by atoms with Crippen LogP contribution in [0.3, 0.4) is 0 Å². The largest absolute Gasteiger partial charge is 0.346 e. The number of nitro benzene ring substituents is 1. The highest BCUT2D eigenvalue weighted by Crippen LogP contribution is 2.34. The maximum atomic E-state index is 12.6. The number of rotatable bonds is 7. The Morgan fingerprint density at radius 1 is 1.26 bits per heavy atom. The van der Waals surface area contributed by atoms with Crippen molar-refractivity contribution in [1.29, 1.82) is 0 Å². The van der Waals surface area contributed by atoms with E-state index in [1.54, 1.807) is 14.0 Å². The summed E-state index contributed by atoms with van der Waals surface area (Å²) in [5.41, 5.74) is 0.475. The topological polar surface area (TPSA) is 176 Å². The molecule has 14 heteroatoms. The van der Waals surface area contributed by atoms with Gasteiger partial charge in [-0.2, -0.15) is 0 Å². The van der Waals surface area contributed by atoms with Gasteiger partial charge >= 0.3 is 0 Å². The standard InChI is InChI=1S/C17H17N7O5S2/c1-10(11-3-6-13(7-4-11)31(18,28)29)19-16(25)12-5-8-15(14(9-12)24(26)27)30-17-20-21-22-23(17)2/h3-10H,1-2H3,(H,19,25)(H2,18,28,29)/t10-/m1/s1. The Balaban J connectivity index is 1.79. The number of hydrogen-bond donors (Lipinski definition) is 2. The molecule has 0 saturated carbocycles. The Morgan fingerprint density at radius 2 is 1.94 bits per heavy atom. The van der Waals surface area contributed by atoms with Crippen LogP contribution in [0.5, 0.6) is 0 Å². The molecule has 1 amide bonds. The van der Waals surface area contributed by atoms with Crippen LogP contribution in [-0.4, -0.2) is 39.5 Å². The first-order valence-corrected chi connectivity index (χ1v) is 11.0. The van der Waals surface area contributed by atoms with E-state index in [1.807, 2.05) is 0 Å². The maximum absolute atomic E-state index is 12.6. The number of nitro groups is 1. The lowest BCUT2D eigenvalue weighted by Crippen LogP contribution is -2.26. The zero-order valence-electron chi connectivity index (χ0n) is 16.3. The van der Waals surface area contributed by atoms with Crippen molar-refractivity contribution in [2.75, 3.05) is 0 Å². The van der Waals surface area contributed by atoms with Crippen molar-refractivity contribution in [3.63, 3.8) is 0 Å². The molecule has 1 aromatic heterocycles. The van der Waals surface area contributed by atoms with Gasteiger partial charge in [0.25, 0.3) is 11.6 Å². The van der Waals surface area contributed by atoms with E-state index in [2.05, 4.69) is 20.8 Å². The molecule has 0 fully saturated rings. The number of hydrogen-bond acceptors (Lipinski definition) is 9. The zero-order valence-corrected chi connectivity index (χ0v) is 17.9. The van der Waals surface area contributed by atoms with Crippen molar-refractivity contribution in [2.45, 2.75) is 27.9 Å². The van der Waals surface area contributed by atoms with E-state index in [1.165, 1.54) is 47.1 Å². The highest BCUT2D eigenvalue weighted by molar-refractivity contribution is 7.99. The monoisotopic (exact) mass is 463 g/mol. The number of nitrogens with one attached hydrogen (secondary N) is 1. The number of primary sulfonamides is 1. The van der Waals surface area contributed by atoms with Crippen LogP contribution in [0.1, 0.15) is 28.9 Å². The van der Waals surface area contributed by atoms with Gasteiger partial charge in [-0.15, -0.1) is 5.10 Å². The average Bonchev–Trinajstić information content (AvgIpc) is 3.12. The number of benzene rings is 2. The van der Waals surface area contributed by atoms with Crippen LogP contribution in [0.25, 0.3) is 0 Å². The molecular weight excluding hydrogens is 446 g/mol. The Morgan fingerprint density at radius 3 is 2.48 bits per heavy atom. The van der Waals surface area contributed by atoms with E-state index < -0.39 is 26.9 Å². The molecule has 3 aromatic rings. The third-order valence-corrected chi connectivity index (χ3v) is 6.28. The molecule has 0 radical (unpaired) electrons. The van der Waals surface area contributed by atoms with Crippen LogP contribution in [0.2, 0.25) is 0 Å². The minimum absolute atomic E-state index is 0.0448. The van der Waals surface area contributed by atoms with E-state index in [0.29, 0.717) is 10.7 Å². The molecule has 0 bridgehead atoms.